The van der Waals surface area contributed by atoms with Crippen molar-refractivity contribution in [2.24, 2.45) is 0 Å². The molecule has 2 aliphatic heterocycles. The van der Waals surface area contributed by atoms with Crippen molar-refractivity contribution in [3.8, 4) is 11.3 Å². The number of hydrogen-bond donors (Lipinski definition) is 2. The second kappa shape index (κ2) is 10.4. The van der Waals surface area contributed by atoms with Gasteiger partial charge in [0.15, 0.2) is 12.5 Å². The lowest BCUT2D eigenvalue weighted by Crippen LogP contribution is -2.46. The Labute approximate surface area is 205 Å². The van der Waals surface area contributed by atoms with Crippen molar-refractivity contribution in [2.45, 2.75) is 19.8 Å². The molecule has 0 atom stereocenters. The Bertz CT molecular complexity index is 1220. The van der Waals surface area contributed by atoms with Crippen LogP contribution >= 0.6 is 0 Å². The zero-order valence-electron chi connectivity index (χ0n) is 19.6. The summed E-state index contributed by atoms with van der Waals surface area (Å²) in [4.78, 5) is 22.1. The van der Waals surface area contributed by atoms with Crippen LogP contribution < -0.4 is 10.2 Å². The molecule has 3 heterocycles. The normalized spacial score (nSPS) is 15.4. The van der Waals surface area contributed by atoms with Gasteiger partial charge in [0.25, 0.3) is 5.91 Å². The zero-order chi connectivity index (χ0) is 24.2. The summed E-state index contributed by atoms with van der Waals surface area (Å²) in [7, 11) is 2.13. The smallest absolute Gasteiger partial charge is 0.253 e. The molecule has 0 spiro atoms. The molecule has 2 N–H and O–H groups in total. The number of carbonyl (C=O) groups excluding carboxylic acids is 1. The van der Waals surface area contributed by atoms with Crippen molar-refractivity contribution in [3.05, 3.63) is 58.7 Å². The standard InChI is InChI=1S/C26H29N5O.OS/c1-17-5-10-22-23(21(17)16-27)25-20(4-3-13-30(25)2)24(29-22)18-6-8-19(9-7-18)26(32)31-14-11-28-12-15-31;1-2/h5-10,16,27-28H,3-4,11-15H2,1-2H3;. The molecule has 34 heavy (non-hydrogen) atoms. The van der Waals surface area contributed by atoms with E-state index >= 15 is 0 Å². The van der Waals surface area contributed by atoms with Crippen molar-refractivity contribution in [1.29, 1.82) is 5.41 Å². The van der Waals surface area contributed by atoms with E-state index in [2.05, 4.69) is 42.8 Å². The van der Waals surface area contributed by atoms with Gasteiger partial charge in [-0.1, -0.05) is 18.2 Å². The van der Waals surface area contributed by atoms with Crippen LogP contribution in [0.25, 0.3) is 22.2 Å². The first-order chi connectivity index (χ1) is 16.6. The minimum absolute atomic E-state index is 0.0948. The Hall–Kier alpha value is -3.23. The first-order valence-corrected chi connectivity index (χ1v) is 11.9. The highest BCUT2D eigenvalue weighted by molar-refractivity contribution is 7.44. The van der Waals surface area contributed by atoms with E-state index in [1.165, 1.54) is 17.5 Å². The predicted molar refractivity (Wildman–Crippen MR) is 138 cm³/mol. The number of carbonyl (C=O) groups is 1. The number of rotatable bonds is 3. The van der Waals surface area contributed by atoms with Crippen molar-refractivity contribution in [2.75, 3.05) is 44.7 Å². The molecule has 0 aliphatic carbocycles. The molecule has 1 aromatic heterocycles. The Morgan fingerprint density at radius 3 is 2.47 bits per heavy atom. The van der Waals surface area contributed by atoms with Gasteiger partial charge in [-0.25, -0.2) is 4.98 Å². The first kappa shape index (κ1) is 23.9. The van der Waals surface area contributed by atoms with Crippen molar-refractivity contribution in [1.82, 2.24) is 15.2 Å². The minimum atomic E-state index is 0.0948. The average molecular weight is 476 g/mol. The van der Waals surface area contributed by atoms with Gasteiger partial charge in [0.05, 0.1) is 16.9 Å². The third kappa shape index (κ3) is 4.31. The number of anilines is 1. The summed E-state index contributed by atoms with van der Waals surface area (Å²) in [5.74, 6) is 0.0948. The van der Waals surface area contributed by atoms with Gasteiger partial charge in [0.1, 0.15) is 0 Å². The lowest BCUT2D eigenvalue weighted by Gasteiger charge is -2.31. The SMILES string of the molecule is Cc1ccc2nc(-c3ccc(C(=O)N4CCNCC4)cc3)c3c(c2c1C=N)N(C)CCC3.O=S. The van der Waals surface area contributed by atoms with Crippen LogP contribution in [0, 0.1) is 12.3 Å². The molecule has 2 aromatic carbocycles. The third-order valence-corrected chi connectivity index (χ3v) is 6.74. The lowest BCUT2D eigenvalue weighted by atomic mass is 9.91. The van der Waals surface area contributed by atoms with Gasteiger partial charge in [-0.2, -0.15) is 4.21 Å². The Balaban J connectivity index is 0.00000133. The van der Waals surface area contributed by atoms with E-state index < -0.39 is 0 Å². The largest absolute Gasteiger partial charge is 0.374 e. The summed E-state index contributed by atoms with van der Waals surface area (Å²) in [5, 5.41) is 12.4. The summed E-state index contributed by atoms with van der Waals surface area (Å²) in [6.07, 6.45) is 3.50. The molecular weight excluding hydrogens is 446 g/mol. The molecule has 8 heteroatoms. The summed E-state index contributed by atoms with van der Waals surface area (Å²) < 4.78 is 7.83. The summed E-state index contributed by atoms with van der Waals surface area (Å²) in [5.41, 5.74) is 8.14. The highest BCUT2D eigenvalue weighted by atomic mass is 32.1. The number of amides is 1. The Morgan fingerprint density at radius 2 is 1.79 bits per heavy atom. The highest BCUT2D eigenvalue weighted by Crippen LogP contribution is 2.40. The summed E-state index contributed by atoms with van der Waals surface area (Å²) in [6.45, 7) is 6.25. The fraction of sp³-hybridized carbons (Fsp3) is 0.346. The van der Waals surface area contributed by atoms with E-state index in [-0.39, 0.29) is 5.91 Å². The molecule has 1 fully saturated rings. The maximum Gasteiger partial charge on any atom is 0.253 e. The fourth-order valence-corrected chi connectivity index (χ4v) is 5.01. The van der Waals surface area contributed by atoms with Gasteiger partial charge in [0.2, 0.25) is 0 Å². The molecule has 2 aliphatic rings. The number of aryl methyl sites for hydroxylation is 1. The molecule has 5 rings (SSSR count). The van der Waals surface area contributed by atoms with Crippen LogP contribution in [0.2, 0.25) is 0 Å². The fourth-order valence-electron chi connectivity index (χ4n) is 5.01. The molecule has 0 unspecified atom stereocenters. The second-order valence-electron chi connectivity index (χ2n) is 8.77. The van der Waals surface area contributed by atoms with Crippen molar-refractivity contribution >= 4 is 41.2 Å². The topological polar surface area (TPSA) is 89.4 Å². The Kier molecular flexibility index (Phi) is 7.29. The highest BCUT2D eigenvalue weighted by Gasteiger charge is 2.25. The quantitative estimate of drug-likeness (QED) is 0.565. The maximum absolute atomic E-state index is 12.9. The van der Waals surface area contributed by atoms with Crippen molar-refractivity contribution < 1.29 is 9.00 Å². The predicted octanol–water partition coefficient (Wildman–Crippen LogP) is 3.30. The number of benzene rings is 2. The summed E-state index contributed by atoms with van der Waals surface area (Å²) in [6, 6.07) is 12.0. The van der Waals surface area contributed by atoms with Gasteiger partial charge < -0.3 is 20.5 Å². The molecule has 7 nitrogen and oxygen atoms in total. The van der Waals surface area contributed by atoms with Crippen LogP contribution in [0.1, 0.15) is 33.5 Å². The number of hydrogen-bond acceptors (Lipinski definition) is 7. The average Bonchev–Trinajstić information content (AvgIpc) is 2.89. The molecule has 0 radical (unpaired) electrons. The summed E-state index contributed by atoms with van der Waals surface area (Å²) >= 11 is 2.83. The zero-order valence-corrected chi connectivity index (χ0v) is 20.4. The van der Waals surface area contributed by atoms with Crippen LogP contribution in [0.4, 0.5) is 5.69 Å². The van der Waals surface area contributed by atoms with Gasteiger partial charge >= 0.3 is 0 Å². The maximum atomic E-state index is 12.9. The van der Waals surface area contributed by atoms with E-state index in [4.69, 9.17) is 14.6 Å². The van der Waals surface area contributed by atoms with Gasteiger partial charge in [0, 0.05) is 73.6 Å². The molecule has 3 aromatic rings. The van der Waals surface area contributed by atoms with E-state index in [1.807, 2.05) is 35.2 Å². The number of piperazine rings is 1. The third-order valence-electron chi connectivity index (χ3n) is 6.74. The number of aromatic nitrogens is 1. The molecule has 0 bridgehead atoms. The Morgan fingerprint density at radius 1 is 1.09 bits per heavy atom. The van der Waals surface area contributed by atoms with Crippen LogP contribution in [0.15, 0.2) is 36.4 Å². The minimum Gasteiger partial charge on any atom is -0.374 e. The molecule has 0 saturated carbocycles. The number of nitrogens with one attached hydrogen (secondary N) is 2. The van der Waals surface area contributed by atoms with Crippen molar-refractivity contribution in [3.63, 3.8) is 0 Å². The van der Waals surface area contributed by atoms with Crippen LogP contribution in [-0.2, 0) is 19.0 Å². The molecule has 1 amide bonds. The van der Waals surface area contributed by atoms with E-state index in [9.17, 15) is 4.79 Å². The number of nitrogens with zero attached hydrogens (tertiary/aromatic N) is 3. The molecular formula is C26H29N5O2S. The monoisotopic (exact) mass is 475 g/mol. The van der Waals surface area contributed by atoms with Crippen LogP contribution in [0.3, 0.4) is 0 Å². The van der Waals surface area contributed by atoms with Gasteiger partial charge in [-0.15, -0.1) is 0 Å². The van der Waals surface area contributed by atoms with E-state index in [0.29, 0.717) is 0 Å². The lowest BCUT2D eigenvalue weighted by molar-refractivity contribution is 0.0736. The number of fused-ring (bicyclic) bond motifs is 3. The van der Waals surface area contributed by atoms with Gasteiger partial charge in [-0.3, -0.25) is 4.79 Å². The van der Waals surface area contributed by atoms with Gasteiger partial charge in [-0.05, 0) is 43.5 Å². The van der Waals surface area contributed by atoms with E-state index in [0.717, 1.165) is 84.4 Å². The van der Waals surface area contributed by atoms with Crippen LogP contribution in [0.5, 0.6) is 0 Å². The second-order valence-corrected chi connectivity index (χ2v) is 8.77. The number of pyridine rings is 1. The molecule has 176 valence electrons. The van der Waals surface area contributed by atoms with Crippen LogP contribution in [-0.4, -0.2) is 66.0 Å². The van der Waals surface area contributed by atoms with E-state index in [1.54, 1.807) is 0 Å². The first-order valence-electron chi connectivity index (χ1n) is 11.5. The molecule has 1 saturated heterocycles.